The molecule has 0 saturated carbocycles. The van der Waals surface area contributed by atoms with Crippen LogP contribution in [0.15, 0.2) is 88.3 Å². The molecule has 4 heterocycles. The number of carbonyl (C=O) groups is 1. The first kappa shape index (κ1) is 28.9. The summed E-state index contributed by atoms with van der Waals surface area (Å²) >= 11 is 1.95. The second-order valence-electron chi connectivity index (χ2n) is 10.2. The molecule has 4 aromatic rings. The van der Waals surface area contributed by atoms with E-state index in [2.05, 4.69) is 28.2 Å². The number of fused-ring (bicyclic) bond motifs is 1. The number of aromatic nitrogens is 1. The number of nitrogens with zero attached hydrogens (tertiary/aromatic N) is 3. The Kier molecular flexibility index (Phi) is 10.1. The van der Waals surface area contributed by atoms with Crippen LogP contribution in [-0.2, 0) is 4.79 Å². The Morgan fingerprint density at radius 3 is 2.54 bits per heavy atom. The summed E-state index contributed by atoms with van der Waals surface area (Å²) in [6.45, 7) is 6.76. The Labute approximate surface area is 244 Å². The number of hydrogen-bond acceptors (Lipinski definition) is 8. The molecular weight excluding hydrogens is 536 g/mol. The van der Waals surface area contributed by atoms with Gasteiger partial charge in [-0.2, -0.15) is 0 Å². The normalized spacial score (nSPS) is 19.0. The number of piperazine rings is 1. The van der Waals surface area contributed by atoms with Crippen molar-refractivity contribution >= 4 is 29.1 Å². The smallest absolute Gasteiger partial charge is 0.235 e. The third-order valence-electron chi connectivity index (χ3n) is 7.15. The standard InChI is InChI=1S/C23H24N2O4.C9H12N2S/c26-17-25-14-12-24(13-15-25)11-6-16-28-23-21(27)19-9-4-5-10-20(19)29-22(23)18-7-2-1-3-8-18;1-7-6-12-9(11-7)8-3-2-4-10-5-8/h1-5,7-10,17H,6,11-16H2;2-5,7,9,11H,6H2,1H3. The SMILES string of the molecule is CC1CSC(c2cccnc2)N1.O=CN1CCN(CCCOc2c(-c3ccccc3)oc3ccccc3c2=O)CC1. The van der Waals surface area contributed by atoms with Crippen LogP contribution in [0.1, 0.15) is 24.3 Å². The molecule has 0 spiro atoms. The van der Waals surface area contributed by atoms with Crippen LogP contribution in [0.2, 0.25) is 0 Å². The number of thioether (sulfide) groups is 1. The number of ether oxygens (including phenoxy) is 1. The van der Waals surface area contributed by atoms with Crippen LogP contribution in [-0.4, -0.2) is 72.3 Å². The molecular formula is C32H36N4O4S. The monoisotopic (exact) mass is 572 g/mol. The van der Waals surface area contributed by atoms with E-state index in [1.165, 1.54) is 11.3 Å². The van der Waals surface area contributed by atoms with Crippen LogP contribution in [0.25, 0.3) is 22.3 Å². The number of benzene rings is 2. The highest BCUT2D eigenvalue weighted by Crippen LogP contribution is 2.32. The summed E-state index contributed by atoms with van der Waals surface area (Å²) in [5, 5.41) is 4.47. The summed E-state index contributed by atoms with van der Waals surface area (Å²) in [6, 6.07) is 21.5. The number of nitrogens with one attached hydrogen (secondary N) is 1. The fraction of sp³-hybridized carbons (Fsp3) is 0.344. The van der Waals surface area contributed by atoms with Crippen LogP contribution >= 0.6 is 11.8 Å². The van der Waals surface area contributed by atoms with E-state index in [1.807, 2.05) is 72.7 Å². The van der Waals surface area contributed by atoms with Crippen LogP contribution in [0.5, 0.6) is 5.75 Å². The van der Waals surface area contributed by atoms with Crippen molar-refractivity contribution < 1.29 is 13.9 Å². The number of rotatable bonds is 8. The molecule has 2 aromatic carbocycles. The average molecular weight is 573 g/mol. The van der Waals surface area contributed by atoms with E-state index in [1.54, 1.807) is 17.0 Å². The molecule has 2 aliphatic rings. The molecule has 2 aliphatic heterocycles. The molecule has 0 aliphatic carbocycles. The van der Waals surface area contributed by atoms with Gasteiger partial charge in [-0.05, 0) is 37.1 Å². The van der Waals surface area contributed by atoms with E-state index >= 15 is 0 Å². The largest absolute Gasteiger partial charge is 0.486 e. The maximum absolute atomic E-state index is 13.1. The van der Waals surface area contributed by atoms with E-state index in [0.29, 0.717) is 34.8 Å². The van der Waals surface area contributed by atoms with Crippen molar-refractivity contribution in [2.45, 2.75) is 24.8 Å². The fourth-order valence-corrected chi connectivity index (χ4v) is 6.15. The lowest BCUT2D eigenvalue weighted by Crippen LogP contribution is -2.46. The highest BCUT2D eigenvalue weighted by molar-refractivity contribution is 7.99. The number of pyridine rings is 1. The third-order valence-corrected chi connectivity index (χ3v) is 8.58. The first-order chi connectivity index (χ1) is 20.1. The summed E-state index contributed by atoms with van der Waals surface area (Å²) in [6.07, 6.45) is 5.45. The van der Waals surface area contributed by atoms with E-state index in [4.69, 9.17) is 9.15 Å². The van der Waals surface area contributed by atoms with Crippen LogP contribution < -0.4 is 15.5 Å². The highest BCUT2D eigenvalue weighted by atomic mass is 32.2. The van der Waals surface area contributed by atoms with Gasteiger partial charge in [-0.15, -0.1) is 11.8 Å². The minimum absolute atomic E-state index is 0.148. The Morgan fingerprint density at radius 2 is 1.83 bits per heavy atom. The predicted octanol–water partition coefficient (Wildman–Crippen LogP) is 4.81. The minimum Gasteiger partial charge on any atom is -0.486 e. The zero-order valence-electron chi connectivity index (χ0n) is 23.3. The first-order valence-corrected chi connectivity index (χ1v) is 15.1. The maximum atomic E-state index is 13.1. The van der Waals surface area contributed by atoms with Gasteiger partial charge in [0, 0.05) is 62.5 Å². The molecule has 9 heteroatoms. The highest BCUT2D eigenvalue weighted by Gasteiger charge is 2.22. The van der Waals surface area contributed by atoms with E-state index in [-0.39, 0.29) is 11.2 Å². The molecule has 2 saturated heterocycles. The zero-order valence-corrected chi connectivity index (χ0v) is 24.1. The van der Waals surface area contributed by atoms with Gasteiger partial charge in [0.15, 0.2) is 5.76 Å². The molecule has 2 aromatic heterocycles. The van der Waals surface area contributed by atoms with Gasteiger partial charge in [-0.3, -0.25) is 24.8 Å². The predicted molar refractivity (Wildman–Crippen MR) is 164 cm³/mol. The van der Waals surface area contributed by atoms with Crippen LogP contribution in [0.3, 0.4) is 0 Å². The van der Waals surface area contributed by atoms with Crippen molar-refractivity contribution in [3.8, 4) is 17.1 Å². The first-order valence-electron chi connectivity index (χ1n) is 14.1. The van der Waals surface area contributed by atoms with E-state index in [9.17, 15) is 9.59 Å². The van der Waals surface area contributed by atoms with Crippen LogP contribution in [0, 0.1) is 0 Å². The van der Waals surface area contributed by atoms with Crippen molar-refractivity contribution in [3.05, 3.63) is 94.9 Å². The summed E-state index contributed by atoms with van der Waals surface area (Å²) in [4.78, 5) is 32.1. The molecule has 6 rings (SSSR count). The topological polar surface area (TPSA) is 87.9 Å². The molecule has 1 amide bonds. The number of hydrogen-bond donors (Lipinski definition) is 1. The van der Waals surface area contributed by atoms with Crippen molar-refractivity contribution in [2.75, 3.05) is 45.1 Å². The van der Waals surface area contributed by atoms with Crippen molar-refractivity contribution in [1.29, 1.82) is 0 Å². The van der Waals surface area contributed by atoms with Gasteiger partial charge < -0.3 is 14.1 Å². The van der Waals surface area contributed by atoms with E-state index in [0.717, 1.165) is 51.1 Å². The summed E-state index contributed by atoms with van der Waals surface area (Å²) in [7, 11) is 0. The second kappa shape index (κ2) is 14.3. The molecule has 0 bridgehead atoms. The fourth-order valence-electron chi connectivity index (χ4n) is 4.91. The van der Waals surface area contributed by atoms with Gasteiger partial charge >= 0.3 is 0 Å². The van der Waals surface area contributed by atoms with Gasteiger partial charge in [0.05, 0.1) is 17.4 Å². The van der Waals surface area contributed by atoms with Crippen molar-refractivity contribution in [3.63, 3.8) is 0 Å². The third kappa shape index (κ3) is 7.55. The lowest BCUT2D eigenvalue weighted by atomic mass is 10.1. The molecule has 2 atom stereocenters. The number of carbonyl (C=O) groups excluding carboxylic acids is 1. The lowest BCUT2D eigenvalue weighted by Gasteiger charge is -2.32. The Hall–Kier alpha value is -3.66. The summed E-state index contributed by atoms with van der Waals surface area (Å²) < 4.78 is 12.0. The molecule has 214 valence electrons. The Bertz CT molecular complexity index is 1460. The molecule has 1 N–H and O–H groups in total. The van der Waals surface area contributed by atoms with Gasteiger partial charge in [-0.25, -0.2) is 0 Å². The van der Waals surface area contributed by atoms with Gasteiger partial charge in [-0.1, -0.05) is 48.5 Å². The Morgan fingerprint density at radius 1 is 1.05 bits per heavy atom. The minimum atomic E-state index is -0.148. The van der Waals surface area contributed by atoms with Gasteiger partial charge in [0.2, 0.25) is 17.6 Å². The molecule has 2 fully saturated rings. The number of amides is 1. The van der Waals surface area contributed by atoms with Gasteiger partial charge in [0.25, 0.3) is 0 Å². The zero-order chi connectivity index (χ0) is 28.4. The molecule has 8 nitrogen and oxygen atoms in total. The Balaban J connectivity index is 0.000000234. The lowest BCUT2D eigenvalue weighted by molar-refractivity contribution is -0.119. The molecule has 2 unspecified atom stereocenters. The summed E-state index contributed by atoms with van der Waals surface area (Å²) in [5.41, 5.74) is 2.50. The number of para-hydroxylation sites is 1. The quantitative estimate of drug-likeness (QED) is 0.238. The average Bonchev–Trinajstić information content (AvgIpc) is 3.48. The molecule has 0 radical (unpaired) electrons. The molecule has 41 heavy (non-hydrogen) atoms. The van der Waals surface area contributed by atoms with Gasteiger partial charge in [0.1, 0.15) is 5.58 Å². The van der Waals surface area contributed by atoms with Crippen LogP contribution in [0.4, 0.5) is 0 Å². The van der Waals surface area contributed by atoms with Crippen molar-refractivity contribution in [2.24, 2.45) is 0 Å². The maximum Gasteiger partial charge on any atom is 0.235 e. The second-order valence-corrected chi connectivity index (χ2v) is 11.3. The summed E-state index contributed by atoms with van der Waals surface area (Å²) in [5.74, 6) is 1.93. The van der Waals surface area contributed by atoms with Crippen molar-refractivity contribution in [1.82, 2.24) is 20.1 Å². The van der Waals surface area contributed by atoms with E-state index < -0.39 is 0 Å².